The summed E-state index contributed by atoms with van der Waals surface area (Å²) < 4.78 is 5.67. The van der Waals surface area contributed by atoms with Crippen molar-refractivity contribution in [1.29, 1.82) is 0 Å². The molecule has 1 aliphatic rings. The molecule has 3 amide bonds. The molecule has 0 aliphatic carbocycles. The van der Waals surface area contributed by atoms with E-state index in [0.717, 1.165) is 6.42 Å². The van der Waals surface area contributed by atoms with Crippen LogP contribution in [-0.4, -0.2) is 84.6 Å². The fourth-order valence-corrected chi connectivity index (χ4v) is 5.75. The third kappa shape index (κ3) is 11.4. The summed E-state index contributed by atoms with van der Waals surface area (Å²) in [7, 11) is -2.16. The van der Waals surface area contributed by atoms with Crippen molar-refractivity contribution >= 4 is 37.8 Å². The Bertz CT molecular complexity index is 952. The van der Waals surface area contributed by atoms with Gasteiger partial charge in [0.1, 0.15) is 12.1 Å². The second-order valence-electron chi connectivity index (χ2n) is 13.6. The molecular formula is C30H56N4O7Si. The van der Waals surface area contributed by atoms with Crippen LogP contribution >= 0.6 is 0 Å². The minimum Gasteiger partial charge on any atom is -0.518 e. The number of nitrogens with one attached hydrogen (secondary N) is 2. The topological polar surface area (TPSA) is 168 Å². The van der Waals surface area contributed by atoms with Gasteiger partial charge in [0.15, 0.2) is 5.78 Å². The first-order valence-corrected chi connectivity index (χ1v) is 18.8. The van der Waals surface area contributed by atoms with Gasteiger partial charge in [-0.15, -0.1) is 0 Å². The van der Waals surface area contributed by atoms with Crippen molar-refractivity contribution < 1.29 is 33.5 Å². The third-order valence-electron chi connectivity index (χ3n) is 7.79. The van der Waals surface area contributed by atoms with E-state index in [1.165, 1.54) is 11.8 Å². The molecule has 0 spiro atoms. The zero-order valence-corrected chi connectivity index (χ0v) is 28.4. The first kappa shape index (κ1) is 37.7. The summed E-state index contributed by atoms with van der Waals surface area (Å²) in [6.45, 7) is 18.8. The molecule has 0 bridgehead atoms. The Hall–Kier alpha value is -2.31. The number of carbonyl (C=O) groups excluding carboxylic acids is 5. The molecule has 1 aliphatic heterocycles. The predicted molar refractivity (Wildman–Crippen MR) is 165 cm³/mol. The summed E-state index contributed by atoms with van der Waals surface area (Å²) >= 11 is 0. The Morgan fingerprint density at radius 1 is 1.02 bits per heavy atom. The van der Waals surface area contributed by atoms with Crippen LogP contribution in [0.5, 0.6) is 0 Å². The molecule has 242 valence electrons. The van der Waals surface area contributed by atoms with Crippen molar-refractivity contribution in [2.75, 3.05) is 6.54 Å². The summed E-state index contributed by atoms with van der Waals surface area (Å²) in [6, 6.07) is -3.16. The number of aliphatic hydroxyl groups is 1. The van der Waals surface area contributed by atoms with E-state index in [1.807, 2.05) is 47.3 Å². The van der Waals surface area contributed by atoms with Crippen molar-refractivity contribution in [1.82, 2.24) is 15.5 Å². The Morgan fingerprint density at radius 2 is 1.62 bits per heavy atom. The number of amides is 3. The van der Waals surface area contributed by atoms with Crippen LogP contribution in [0.3, 0.4) is 0 Å². The summed E-state index contributed by atoms with van der Waals surface area (Å²) in [5.41, 5.74) is 6.06. The van der Waals surface area contributed by atoms with Crippen LogP contribution in [0.2, 0.25) is 19.6 Å². The van der Waals surface area contributed by atoms with Gasteiger partial charge in [-0.2, -0.15) is 0 Å². The molecule has 0 aromatic heterocycles. The number of rotatable bonds is 16. The Balaban J connectivity index is 3.00. The predicted octanol–water partition coefficient (Wildman–Crippen LogP) is 2.36. The SMILES string of the molecule is CC[C@H](C)[C@@H](N)[C@@H](O)CC(=O)N[C@H](C(=O)[C@H](C)C(=O)N[C@@H](CC(C)C)C(=O)N1CCC[C@H]1C(=O)O[Si](C)(C)C)C(C)C. The van der Waals surface area contributed by atoms with Gasteiger partial charge >= 0.3 is 5.97 Å². The average Bonchev–Trinajstić information content (AvgIpc) is 3.38. The quantitative estimate of drug-likeness (QED) is 0.152. The van der Waals surface area contributed by atoms with Crippen molar-refractivity contribution in [3.8, 4) is 0 Å². The van der Waals surface area contributed by atoms with E-state index in [9.17, 15) is 29.1 Å². The lowest BCUT2D eigenvalue weighted by molar-refractivity contribution is -0.148. The van der Waals surface area contributed by atoms with Gasteiger partial charge < -0.3 is 30.8 Å². The Kier molecular flexibility index (Phi) is 14.8. The fraction of sp³-hybridized carbons (Fsp3) is 0.833. The number of ketones is 1. The lowest BCUT2D eigenvalue weighted by atomic mass is 9.90. The highest BCUT2D eigenvalue weighted by molar-refractivity contribution is 6.71. The number of hydrogen-bond acceptors (Lipinski definition) is 8. The van der Waals surface area contributed by atoms with E-state index >= 15 is 0 Å². The van der Waals surface area contributed by atoms with E-state index in [1.54, 1.807) is 13.8 Å². The molecule has 1 fully saturated rings. The first-order chi connectivity index (χ1) is 19.3. The first-order valence-electron chi connectivity index (χ1n) is 15.4. The van der Waals surface area contributed by atoms with Crippen LogP contribution in [0.15, 0.2) is 0 Å². The molecule has 42 heavy (non-hydrogen) atoms. The van der Waals surface area contributed by atoms with Crippen LogP contribution in [0.4, 0.5) is 0 Å². The van der Waals surface area contributed by atoms with Gasteiger partial charge in [-0.3, -0.25) is 24.0 Å². The largest absolute Gasteiger partial charge is 0.518 e. The molecular weight excluding hydrogens is 556 g/mol. The molecule has 0 aromatic rings. The van der Waals surface area contributed by atoms with E-state index in [-0.39, 0.29) is 30.1 Å². The highest BCUT2D eigenvalue weighted by Crippen LogP contribution is 2.23. The second-order valence-corrected chi connectivity index (χ2v) is 18.0. The van der Waals surface area contributed by atoms with Gasteiger partial charge in [-0.25, -0.2) is 0 Å². The maximum absolute atomic E-state index is 13.6. The van der Waals surface area contributed by atoms with Gasteiger partial charge in [-0.05, 0) is 63.6 Å². The van der Waals surface area contributed by atoms with Gasteiger partial charge in [0.25, 0.3) is 0 Å². The van der Waals surface area contributed by atoms with Crippen LogP contribution in [0, 0.1) is 23.7 Å². The normalized spacial score (nSPS) is 20.0. The van der Waals surface area contributed by atoms with Crippen LogP contribution < -0.4 is 16.4 Å². The summed E-state index contributed by atoms with van der Waals surface area (Å²) in [4.78, 5) is 67.5. The number of nitrogens with zero attached hydrogens (tertiary/aromatic N) is 1. The third-order valence-corrected chi connectivity index (χ3v) is 8.60. The summed E-state index contributed by atoms with van der Waals surface area (Å²) in [6.07, 6.45) is 0.908. The monoisotopic (exact) mass is 612 g/mol. The van der Waals surface area contributed by atoms with Crippen LogP contribution in [0.1, 0.15) is 80.6 Å². The molecule has 1 rings (SSSR count). The molecule has 7 atom stereocenters. The smallest absolute Gasteiger partial charge is 0.315 e. The summed E-state index contributed by atoms with van der Waals surface area (Å²) in [5, 5.41) is 15.8. The molecule has 0 saturated carbocycles. The fourth-order valence-electron chi connectivity index (χ4n) is 5.01. The van der Waals surface area contributed by atoms with Crippen LogP contribution in [0.25, 0.3) is 0 Å². The van der Waals surface area contributed by atoms with E-state index in [0.29, 0.717) is 25.8 Å². The zero-order chi connectivity index (χ0) is 32.5. The van der Waals surface area contributed by atoms with Crippen molar-refractivity contribution in [2.45, 2.75) is 130 Å². The number of Topliss-reactive ketones (excluding diaryl/α,β-unsaturated/α-hetero) is 1. The van der Waals surface area contributed by atoms with Gasteiger partial charge in [0, 0.05) is 12.6 Å². The molecule has 5 N–H and O–H groups in total. The Labute approximate surface area is 253 Å². The lowest BCUT2D eigenvalue weighted by Gasteiger charge is -2.31. The molecule has 11 nitrogen and oxygen atoms in total. The zero-order valence-electron chi connectivity index (χ0n) is 27.4. The number of nitrogens with two attached hydrogens (primary N) is 1. The number of hydrogen-bond donors (Lipinski definition) is 4. The lowest BCUT2D eigenvalue weighted by Crippen LogP contribution is -2.55. The average molecular weight is 613 g/mol. The number of carbonyl (C=O) groups is 5. The molecule has 0 aromatic carbocycles. The Morgan fingerprint density at radius 3 is 2.12 bits per heavy atom. The van der Waals surface area contributed by atoms with Crippen molar-refractivity contribution in [3.05, 3.63) is 0 Å². The molecule has 0 unspecified atom stereocenters. The molecule has 12 heteroatoms. The van der Waals surface area contributed by atoms with Gasteiger partial charge in [0.05, 0.1) is 24.5 Å². The molecule has 0 radical (unpaired) electrons. The van der Waals surface area contributed by atoms with Crippen molar-refractivity contribution in [2.24, 2.45) is 29.4 Å². The van der Waals surface area contributed by atoms with Gasteiger partial charge in [0.2, 0.25) is 26.0 Å². The standard InChI is InChI=1S/C30H56N4O7Si/c1-11-19(6)25(31)23(35)16-24(36)33-26(18(4)5)27(37)20(7)28(38)32-21(15-17(2)3)29(39)34-14-12-13-22(34)30(40)41-42(8,9)10/h17-23,25-26,35H,11-16,31H2,1-10H3,(H,32,38)(H,33,36)/t19-,20-,21-,22-,23-,25+,26-/m0/s1. The number of likely N-dealkylation sites (tertiary alicyclic amines) is 1. The van der Waals surface area contributed by atoms with E-state index in [4.69, 9.17) is 10.2 Å². The van der Waals surface area contributed by atoms with E-state index in [2.05, 4.69) is 10.6 Å². The minimum absolute atomic E-state index is 0.0161. The highest BCUT2D eigenvalue weighted by atomic mass is 28.4. The van der Waals surface area contributed by atoms with Crippen LogP contribution in [-0.2, 0) is 28.4 Å². The van der Waals surface area contributed by atoms with Crippen molar-refractivity contribution in [3.63, 3.8) is 0 Å². The number of aliphatic hydroxyl groups excluding tert-OH is 1. The summed E-state index contributed by atoms with van der Waals surface area (Å²) in [5.74, 6) is -3.84. The molecule has 1 saturated heterocycles. The maximum atomic E-state index is 13.6. The maximum Gasteiger partial charge on any atom is 0.315 e. The highest BCUT2D eigenvalue weighted by Gasteiger charge is 2.41. The second kappa shape index (κ2) is 16.5. The van der Waals surface area contributed by atoms with E-state index < -0.39 is 68.1 Å². The molecule has 1 heterocycles. The minimum atomic E-state index is -2.16. The van der Waals surface area contributed by atoms with Gasteiger partial charge in [-0.1, -0.05) is 48.0 Å².